The van der Waals surface area contributed by atoms with Gasteiger partial charge < -0.3 is 9.42 Å². The molecule has 0 radical (unpaired) electrons. The number of hydrogen-bond donors (Lipinski definition) is 0. The molecular formula is C15H22N2O3P2. The highest BCUT2D eigenvalue weighted by molar-refractivity contribution is 8.00. The fourth-order valence-electron chi connectivity index (χ4n) is 3.10. The van der Waals surface area contributed by atoms with Gasteiger partial charge in [0.2, 0.25) is 5.91 Å². The van der Waals surface area contributed by atoms with Gasteiger partial charge in [0.05, 0.1) is 25.3 Å². The van der Waals surface area contributed by atoms with Gasteiger partial charge in [0.15, 0.2) is 0 Å². The van der Waals surface area contributed by atoms with Crippen molar-refractivity contribution in [3.05, 3.63) is 35.9 Å². The molecule has 2 aliphatic rings. The van der Waals surface area contributed by atoms with Gasteiger partial charge in [0.1, 0.15) is 6.54 Å². The van der Waals surface area contributed by atoms with Crippen LogP contribution in [0.25, 0.3) is 0 Å². The van der Waals surface area contributed by atoms with Crippen molar-refractivity contribution in [2.45, 2.75) is 31.5 Å². The molecule has 3 rings (SSSR count). The second-order valence-electron chi connectivity index (χ2n) is 5.69. The molecule has 2 unspecified atom stereocenters. The third kappa shape index (κ3) is 3.84. The summed E-state index contributed by atoms with van der Waals surface area (Å²) in [7, 11) is 2.98. The second kappa shape index (κ2) is 7.81. The minimum atomic E-state index is 0.143. The average Bonchev–Trinajstić information content (AvgIpc) is 2.57. The SMILES string of the molecule is O=C1CN(OCc2ccccc2)[C@@H]2CC[C@@H](COPP)N1C2. The summed E-state index contributed by atoms with van der Waals surface area (Å²) in [4.78, 5) is 20.2. The lowest BCUT2D eigenvalue weighted by atomic mass is 9.96. The zero-order valence-electron chi connectivity index (χ0n) is 12.5. The highest BCUT2D eigenvalue weighted by atomic mass is 32.0. The molecule has 0 N–H and O–H groups in total. The lowest BCUT2D eigenvalue weighted by molar-refractivity contribution is -0.227. The van der Waals surface area contributed by atoms with Crippen molar-refractivity contribution in [2.75, 3.05) is 19.7 Å². The number of piperazine rings is 1. The topological polar surface area (TPSA) is 42.0 Å². The third-order valence-electron chi connectivity index (χ3n) is 4.30. The molecule has 1 aromatic carbocycles. The second-order valence-corrected chi connectivity index (χ2v) is 6.93. The minimum Gasteiger partial charge on any atom is -0.356 e. The van der Waals surface area contributed by atoms with E-state index in [0.717, 1.165) is 24.9 Å². The number of carbonyl (C=O) groups is 1. The highest BCUT2D eigenvalue weighted by Gasteiger charge is 2.40. The standard InChI is InChI=1S/C15H22N2O3P2/c18-15-9-17(19-10-12-4-2-1-3-5-12)13-6-7-14(11-20-22-21)16(15)8-13/h1-5,13-14,22H,6-11,21H2/t13-,14+/m1/s1. The van der Waals surface area contributed by atoms with Crippen LogP contribution in [0.2, 0.25) is 0 Å². The minimum absolute atomic E-state index is 0.143. The number of piperidine rings is 1. The summed E-state index contributed by atoms with van der Waals surface area (Å²) >= 11 is 0. The van der Waals surface area contributed by atoms with Crippen molar-refractivity contribution in [3.63, 3.8) is 0 Å². The Morgan fingerprint density at radius 3 is 2.86 bits per heavy atom. The quantitative estimate of drug-likeness (QED) is 0.745. The first kappa shape index (κ1) is 16.3. The maximum absolute atomic E-state index is 12.3. The van der Waals surface area contributed by atoms with E-state index in [1.165, 1.54) is 0 Å². The lowest BCUT2D eigenvalue weighted by Crippen LogP contribution is -2.62. The van der Waals surface area contributed by atoms with Crippen LogP contribution in [0.15, 0.2) is 30.3 Å². The molecule has 1 aromatic rings. The Balaban J connectivity index is 1.56. The molecular weight excluding hydrogens is 318 g/mol. The number of nitrogens with zero attached hydrogens (tertiary/aromatic N) is 2. The Kier molecular flexibility index (Phi) is 5.78. The summed E-state index contributed by atoms with van der Waals surface area (Å²) in [5, 5.41) is 1.88. The third-order valence-corrected chi connectivity index (χ3v) is 5.13. The number of amides is 1. The van der Waals surface area contributed by atoms with Gasteiger partial charge >= 0.3 is 0 Å². The van der Waals surface area contributed by atoms with E-state index in [9.17, 15) is 4.79 Å². The van der Waals surface area contributed by atoms with Crippen LogP contribution in [0, 0.1) is 0 Å². The molecule has 2 saturated heterocycles. The van der Waals surface area contributed by atoms with E-state index < -0.39 is 0 Å². The van der Waals surface area contributed by atoms with E-state index in [1.807, 2.05) is 40.3 Å². The zero-order chi connectivity index (χ0) is 15.4. The molecule has 22 heavy (non-hydrogen) atoms. The molecule has 1 amide bonds. The van der Waals surface area contributed by atoms with Crippen molar-refractivity contribution < 1.29 is 14.2 Å². The van der Waals surface area contributed by atoms with Gasteiger partial charge in [-0.2, -0.15) is 5.06 Å². The van der Waals surface area contributed by atoms with Gasteiger partial charge in [-0.25, -0.2) is 0 Å². The fraction of sp³-hybridized carbons (Fsp3) is 0.533. The Labute approximate surface area is 135 Å². The molecule has 4 atom stereocenters. The Morgan fingerprint density at radius 1 is 1.27 bits per heavy atom. The predicted molar refractivity (Wildman–Crippen MR) is 90.4 cm³/mol. The van der Waals surface area contributed by atoms with E-state index >= 15 is 0 Å². The molecule has 2 bridgehead atoms. The van der Waals surface area contributed by atoms with Crippen molar-refractivity contribution in [1.29, 1.82) is 0 Å². The van der Waals surface area contributed by atoms with Crippen molar-refractivity contribution in [3.8, 4) is 0 Å². The van der Waals surface area contributed by atoms with Gasteiger partial charge in [-0.05, 0) is 18.4 Å². The van der Waals surface area contributed by atoms with Crippen LogP contribution in [0.5, 0.6) is 0 Å². The maximum atomic E-state index is 12.3. The van der Waals surface area contributed by atoms with Crippen LogP contribution in [0.4, 0.5) is 0 Å². The summed E-state index contributed by atoms with van der Waals surface area (Å²) in [6.07, 6.45) is 2.03. The Hall–Kier alpha value is -0.570. The predicted octanol–water partition coefficient (Wildman–Crippen LogP) is 2.19. The van der Waals surface area contributed by atoms with Crippen molar-refractivity contribution >= 4 is 23.3 Å². The van der Waals surface area contributed by atoms with E-state index in [2.05, 4.69) is 8.93 Å². The molecule has 7 heteroatoms. The molecule has 0 spiro atoms. The molecule has 2 heterocycles. The molecule has 0 saturated carbocycles. The number of benzene rings is 1. The molecule has 2 aliphatic heterocycles. The van der Waals surface area contributed by atoms with Crippen LogP contribution in [-0.2, 0) is 20.8 Å². The first-order valence-electron chi connectivity index (χ1n) is 7.58. The monoisotopic (exact) mass is 340 g/mol. The normalized spacial score (nSPS) is 26.0. The number of carbonyl (C=O) groups excluding carboxylic acids is 1. The largest absolute Gasteiger partial charge is 0.356 e. The zero-order valence-corrected chi connectivity index (χ0v) is 14.6. The summed E-state index contributed by atoms with van der Waals surface area (Å²) in [5.74, 6) is 0.143. The number of hydrogen-bond acceptors (Lipinski definition) is 4. The van der Waals surface area contributed by atoms with Crippen LogP contribution < -0.4 is 0 Å². The Morgan fingerprint density at radius 2 is 2.09 bits per heavy atom. The van der Waals surface area contributed by atoms with E-state index in [1.54, 1.807) is 0 Å². The van der Waals surface area contributed by atoms with Gasteiger partial charge in [-0.1, -0.05) is 39.3 Å². The van der Waals surface area contributed by atoms with E-state index in [4.69, 9.17) is 9.36 Å². The van der Waals surface area contributed by atoms with Crippen LogP contribution in [0.1, 0.15) is 18.4 Å². The fourth-order valence-corrected chi connectivity index (χ4v) is 3.68. The van der Waals surface area contributed by atoms with Crippen molar-refractivity contribution in [1.82, 2.24) is 9.96 Å². The summed E-state index contributed by atoms with van der Waals surface area (Å²) < 4.78 is 5.50. The smallest absolute Gasteiger partial charge is 0.239 e. The van der Waals surface area contributed by atoms with Gasteiger partial charge in [-0.3, -0.25) is 9.63 Å². The maximum Gasteiger partial charge on any atom is 0.239 e. The van der Waals surface area contributed by atoms with Crippen LogP contribution >= 0.6 is 17.4 Å². The van der Waals surface area contributed by atoms with Gasteiger partial charge in [-0.15, -0.1) is 0 Å². The first-order chi connectivity index (χ1) is 10.8. The first-order valence-corrected chi connectivity index (χ1v) is 10.3. The van der Waals surface area contributed by atoms with Gasteiger partial charge in [0.25, 0.3) is 0 Å². The van der Waals surface area contributed by atoms with Crippen LogP contribution in [-0.4, -0.2) is 47.7 Å². The molecule has 0 aliphatic carbocycles. The van der Waals surface area contributed by atoms with Gasteiger partial charge in [0, 0.05) is 15.0 Å². The van der Waals surface area contributed by atoms with Crippen molar-refractivity contribution in [2.24, 2.45) is 0 Å². The number of hydroxylamine groups is 2. The summed E-state index contributed by atoms with van der Waals surface area (Å²) in [6.45, 7) is 2.26. The Bertz CT molecular complexity index is 503. The molecule has 5 nitrogen and oxygen atoms in total. The number of fused-ring (bicyclic) bond motifs is 2. The molecule has 0 aromatic heterocycles. The van der Waals surface area contributed by atoms with E-state index in [-0.39, 0.29) is 11.9 Å². The highest BCUT2D eigenvalue weighted by Crippen LogP contribution is 2.29. The number of rotatable bonds is 6. The average molecular weight is 340 g/mol. The van der Waals surface area contributed by atoms with Crippen LogP contribution in [0.3, 0.4) is 0 Å². The lowest BCUT2D eigenvalue weighted by Gasteiger charge is -2.47. The summed E-state index contributed by atoms with van der Waals surface area (Å²) in [5.41, 5.74) is 1.13. The molecule has 120 valence electrons. The molecule has 2 fully saturated rings. The van der Waals surface area contributed by atoms with E-state index in [0.29, 0.717) is 34.3 Å². The summed E-state index contributed by atoms with van der Waals surface area (Å²) in [6, 6.07) is 10.6.